The highest BCUT2D eigenvalue weighted by molar-refractivity contribution is 7.91. The van der Waals surface area contributed by atoms with E-state index in [2.05, 4.69) is 14.4 Å². The Balaban J connectivity index is 1.67. The molecule has 0 amide bonds. The van der Waals surface area contributed by atoms with Crippen LogP contribution in [0.5, 0.6) is 0 Å². The number of benzene rings is 1. The fourth-order valence-corrected chi connectivity index (χ4v) is 4.64. The second-order valence-corrected chi connectivity index (χ2v) is 8.98. The van der Waals surface area contributed by atoms with E-state index in [0.29, 0.717) is 11.4 Å². The van der Waals surface area contributed by atoms with Gasteiger partial charge in [0.1, 0.15) is 9.90 Å². The van der Waals surface area contributed by atoms with E-state index in [0.717, 1.165) is 23.0 Å². The van der Waals surface area contributed by atoms with Crippen molar-refractivity contribution < 1.29 is 26.1 Å². The molecule has 3 rings (SSSR count). The molecule has 3 aromatic rings. The molecule has 2 heterocycles. The second-order valence-electron chi connectivity index (χ2n) is 5.47. The molecular weight excluding hydrogens is 425 g/mol. The van der Waals surface area contributed by atoms with Crippen molar-refractivity contribution in [2.24, 2.45) is 0 Å². The summed E-state index contributed by atoms with van der Waals surface area (Å²) in [6.07, 6.45) is -4.19. The van der Waals surface area contributed by atoms with Crippen LogP contribution in [-0.4, -0.2) is 20.1 Å². The lowest BCUT2D eigenvalue weighted by molar-refractivity contribution is -0.155. The summed E-state index contributed by atoms with van der Waals surface area (Å²) in [7, 11) is -3.79. The predicted molar refractivity (Wildman–Crippen MR) is 95.2 cm³/mol. The third-order valence-corrected chi connectivity index (χ3v) is 6.82. The zero-order valence-electron chi connectivity index (χ0n) is 13.5. The van der Waals surface area contributed by atoms with Crippen molar-refractivity contribution in [2.45, 2.75) is 16.8 Å². The average Bonchev–Trinajstić information content (AvgIpc) is 3.25. The Hall–Kier alpha value is -1.88. The maximum Gasteiger partial charge on any atom is 0.452 e. The van der Waals surface area contributed by atoms with Crippen molar-refractivity contribution in [3.63, 3.8) is 0 Å². The molecule has 0 aliphatic carbocycles. The third-order valence-electron chi connectivity index (χ3n) is 3.51. The van der Waals surface area contributed by atoms with Crippen LogP contribution in [0.3, 0.4) is 0 Å². The molecule has 0 aliphatic rings. The maximum absolute atomic E-state index is 12.6. The number of hydrogen-bond acceptors (Lipinski definition) is 5. The lowest BCUT2D eigenvalue weighted by Crippen LogP contribution is -2.25. The summed E-state index contributed by atoms with van der Waals surface area (Å²) in [6.45, 7) is 0.166. The molecule has 0 unspecified atom stereocenters. The Morgan fingerprint density at radius 1 is 1.15 bits per heavy atom. The number of alkyl halides is 3. The van der Waals surface area contributed by atoms with Gasteiger partial charge in [-0.3, -0.25) is 0 Å². The van der Waals surface area contributed by atoms with Crippen LogP contribution >= 0.6 is 22.9 Å². The van der Waals surface area contributed by atoms with Crippen molar-refractivity contribution in [2.75, 3.05) is 6.54 Å². The first-order valence-corrected chi connectivity index (χ1v) is 10.2. The normalized spacial score (nSPS) is 12.4. The first-order chi connectivity index (χ1) is 12.6. The van der Waals surface area contributed by atoms with Gasteiger partial charge in [-0.15, -0.1) is 11.3 Å². The molecule has 144 valence electrons. The van der Waals surface area contributed by atoms with Crippen LogP contribution in [-0.2, 0) is 22.6 Å². The minimum Gasteiger partial charge on any atom is -0.351 e. The number of halogens is 4. The molecule has 0 bridgehead atoms. The minimum absolute atomic E-state index is 0.0230. The fourth-order valence-electron chi connectivity index (χ4n) is 2.18. The van der Waals surface area contributed by atoms with Gasteiger partial charge in [0.25, 0.3) is 0 Å². The summed E-state index contributed by atoms with van der Waals surface area (Å²) in [6, 6.07) is 10.4. The van der Waals surface area contributed by atoms with Gasteiger partial charge in [0.2, 0.25) is 15.8 Å². The Bertz CT molecular complexity index is 1030. The van der Waals surface area contributed by atoms with Gasteiger partial charge in [-0.1, -0.05) is 28.9 Å². The van der Waals surface area contributed by atoms with E-state index in [-0.39, 0.29) is 21.3 Å². The molecule has 11 heteroatoms. The number of nitrogens with zero attached hydrogens (tertiary/aromatic N) is 1. The molecular formula is C16H12ClF3N2O3S2. The third kappa shape index (κ3) is 4.89. The Labute approximate surface area is 161 Å². The molecule has 0 spiro atoms. The lowest BCUT2D eigenvalue weighted by atomic mass is 10.2. The molecule has 0 aliphatic heterocycles. The van der Waals surface area contributed by atoms with Gasteiger partial charge in [0.15, 0.2) is 0 Å². The molecule has 2 aromatic heterocycles. The molecule has 1 aromatic carbocycles. The van der Waals surface area contributed by atoms with Gasteiger partial charge in [0.05, 0.1) is 4.88 Å². The van der Waals surface area contributed by atoms with Crippen molar-refractivity contribution in [3.8, 4) is 10.6 Å². The van der Waals surface area contributed by atoms with E-state index in [1.807, 2.05) is 0 Å². The molecule has 27 heavy (non-hydrogen) atoms. The second kappa shape index (κ2) is 7.63. The zero-order chi connectivity index (χ0) is 19.7. The summed E-state index contributed by atoms with van der Waals surface area (Å²) in [5, 5.41) is 3.94. The van der Waals surface area contributed by atoms with Crippen LogP contribution in [0, 0.1) is 0 Å². The first-order valence-electron chi connectivity index (χ1n) is 7.53. The minimum atomic E-state index is -4.65. The van der Waals surface area contributed by atoms with E-state index in [4.69, 9.17) is 11.6 Å². The predicted octanol–water partition coefficient (Wildman–Crippen LogP) is 4.60. The molecule has 1 N–H and O–H groups in total. The number of rotatable bonds is 6. The van der Waals surface area contributed by atoms with E-state index < -0.39 is 22.0 Å². The number of sulfonamides is 1. The SMILES string of the molecule is O=S(=O)(NCCc1ccc(Cl)cc1)c1ccc(-c2cc(C(F)(F)F)on2)s1. The summed E-state index contributed by atoms with van der Waals surface area (Å²) in [4.78, 5) is 0.257. The summed E-state index contributed by atoms with van der Waals surface area (Å²) in [5.41, 5.74) is 0.839. The van der Waals surface area contributed by atoms with E-state index in [9.17, 15) is 21.6 Å². The summed E-state index contributed by atoms with van der Waals surface area (Å²) in [5.74, 6) is -1.24. The smallest absolute Gasteiger partial charge is 0.351 e. The molecule has 0 saturated carbocycles. The molecule has 0 fully saturated rings. The van der Waals surface area contributed by atoms with E-state index >= 15 is 0 Å². The van der Waals surface area contributed by atoms with Gasteiger partial charge in [-0.25, -0.2) is 13.1 Å². The number of thiophene rings is 1. The van der Waals surface area contributed by atoms with Crippen LogP contribution in [0.25, 0.3) is 10.6 Å². The summed E-state index contributed by atoms with van der Waals surface area (Å²) >= 11 is 6.60. The zero-order valence-corrected chi connectivity index (χ0v) is 15.8. The quantitative estimate of drug-likeness (QED) is 0.613. The standard InChI is InChI=1S/C16H12ClF3N2O3S2/c17-11-3-1-10(2-4-11)7-8-21-27(23,24)15-6-5-13(26-15)12-9-14(25-22-12)16(18,19)20/h1-6,9,21H,7-8H2. The monoisotopic (exact) mass is 436 g/mol. The Morgan fingerprint density at radius 3 is 2.48 bits per heavy atom. The fraction of sp³-hybridized carbons (Fsp3) is 0.188. The van der Waals surface area contributed by atoms with E-state index in [1.165, 1.54) is 12.1 Å². The van der Waals surface area contributed by atoms with Crippen molar-refractivity contribution >= 4 is 33.0 Å². The largest absolute Gasteiger partial charge is 0.452 e. The molecule has 5 nitrogen and oxygen atoms in total. The van der Waals surface area contributed by atoms with Gasteiger partial charge in [-0.05, 0) is 36.2 Å². The number of hydrogen-bond donors (Lipinski definition) is 1. The van der Waals surface area contributed by atoms with Gasteiger partial charge in [0, 0.05) is 17.6 Å². The number of aromatic nitrogens is 1. The van der Waals surface area contributed by atoms with Crippen LogP contribution < -0.4 is 4.72 Å². The van der Waals surface area contributed by atoms with Crippen LogP contribution in [0.2, 0.25) is 5.02 Å². The van der Waals surface area contributed by atoms with Crippen LogP contribution in [0.1, 0.15) is 11.3 Å². The topological polar surface area (TPSA) is 72.2 Å². The van der Waals surface area contributed by atoms with Gasteiger partial charge < -0.3 is 4.52 Å². The Morgan fingerprint density at radius 2 is 1.85 bits per heavy atom. The molecule has 0 atom stereocenters. The van der Waals surface area contributed by atoms with E-state index in [1.54, 1.807) is 24.3 Å². The average molecular weight is 437 g/mol. The molecule has 0 saturated heterocycles. The number of nitrogens with one attached hydrogen (secondary N) is 1. The van der Waals surface area contributed by atoms with Crippen molar-refractivity contribution in [3.05, 3.63) is 58.8 Å². The highest BCUT2D eigenvalue weighted by Gasteiger charge is 2.36. The van der Waals surface area contributed by atoms with Crippen LogP contribution in [0.15, 0.2) is 51.2 Å². The highest BCUT2D eigenvalue weighted by atomic mass is 35.5. The van der Waals surface area contributed by atoms with Crippen molar-refractivity contribution in [1.29, 1.82) is 0 Å². The molecule has 0 radical (unpaired) electrons. The lowest BCUT2D eigenvalue weighted by Gasteiger charge is -2.05. The first kappa shape index (κ1) is 19.9. The maximum atomic E-state index is 12.6. The van der Waals surface area contributed by atoms with Crippen molar-refractivity contribution in [1.82, 2.24) is 9.88 Å². The van der Waals surface area contributed by atoms with Gasteiger partial charge in [-0.2, -0.15) is 13.2 Å². The van der Waals surface area contributed by atoms with Crippen LogP contribution in [0.4, 0.5) is 13.2 Å². The Kier molecular flexibility index (Phi) is 5.61. The van der Waals surface area contributed by atoms with Gasteiger partial charge >= 0.3 is 6.18 Å². The highest BCUT2D eigenvalue weighted by Crippen LogP contribution is 2.35. The summed E-state index contributed by atoms with van der Waals surface area (Å²) < 4.78 is 69.1.